The Morgan fingerprint density at radius 3 is 2.94 bits per heavy atom. The third kappa shape index (κ3) is 2.48. The average molecular weight is 250 g/mol. The lowest BCUT2D eigenvalue weighted by atomic mass is 10.2. The van der Waals surface area contributed by atoms with Gasteiger partial charge in [-0.05, 0) is 6.07 Å². The molecule has 0 N–H and O–H groups in total. The van der Waals surface area contributed by atoms with Gasteiger partial charge < -0.3 is 4.74 Å². The van der Waals surface area contributed by atoms with Crippen LogP contribution in [0.3, 0.4) is 0 Å². The standard InChI is InChI=1S/C11H10N2O3S/c1-16-6-8-7-17-11(12-8)9-4-2-3-5-10(9)13(14)15/h2-5,7H,6H2,1H3. The van der Waals surface area contributed by atoms with E-state index in [1.54, 1.807) is 25.3 Å². The Balaban J connectivity index is 2.41. The number of hydrogen-bond donors (Lipinski definition) is 0. The van der Waals surface area contributed by atoms with Crippen molar-refractivity contribution < 1.29 is 9.66 Å². The van der Waals surface area contributed by atoms with Crippen LogP contribution in [0.4, 0.5) is 5.69 Å². The number of hydrogen-bond acceptors (Lipinski definition) is 5. The van der Waals surface area contributed by atoms with Gasteiger partial charge >= 0.3 is 0 Å². The quantitative estimate of drug-likeness (QED) is 0.618. The molecule has 0 bridgehead atoms. The third-order valence-electron chi connectivity index (χ3n) is 2.18. The number of nitro benzene ring substituents is 1. The first kappa shape index (κ1) is 11.7. The smallest absolute Gasteiger partial charge is 0.279 e. The van der Waals surface area contributed by atoms with Gasteiger partial charge in [0.2, 0.25) is 0 Å². The number of methoxy groups -OCH3 is 1. The van der Waals surface area contributed by atoms with Crippen LogP contribution in [0.25, 0.3) is 10.6 Å². The van der Waals surface area contributed by atoms with Gasteiger partial charge in [0.05, 0.1) is 22.8 Å². The molecule has 0 amide bonds. The second kappa shape index (κ2) is 5.03. The molecule has 0 atom stereocenters. The van der Waals surface area contributed by atoms with E-state index in [1.165, 1.54) is 17.4 Å². The summed E-state index contributed by atoms with van der Waals surface area (Å²) >= 11 is 1.38. The van der Waals surface area contributed by atoms with E-state index in [1.807, 2.05) is 5.38 Å². The number of aromatic nitrogens is 1. The molecule has 6 heteroatoms. The van der Waals surface area contributed by atoms with Gasteiger partial charge in [0.15, 0.2) is 0 Å². The molecule has 17 heavy (non-hydrogen) atoms. The predicted octanol–water partition coefficient (Wildman–Crippen LogP) is 2.86. The lowest BCUT2D eigenvalue weighted by Gasteiger charge is -1.98. The zero-order valence-corrected chi connectivity index (χ0v) is 9.94. The summed E-state index contributed by atoms with van der Waals surface area (Å²) in [6.07, 6.45) is 0. The van der Waals surface area contributed by atoms with Crippen molar-refractivity contribution in [2.24, 2.45) is 0 Å². The van der Waals surface area contributed by atoms with Gasteiger partial charge in [0.1, 0.15) is 5.01 Å². The van der Waals surface area contributed by atoms with E-state index >= 15 is 0 Å². The fourth-order valence-electron chi connectivity index (χ4n) is 1.46. The highest BCUT2D eigenvalue weighted by Gasteiger charge is 2.16. The Hall–Kier alpha value is -1.79. The van der Waals surface area contributed by atoms with Gasteiger partial charge in [-0.25, -0.2) is 4.98 Å². The highest BCUT2D eigenvalue weighted by atomic mass is 32.1. The van der Waals surface area contributed by atoms with Gasteiger partial charge in [-0.1, -0.05) is 12.1 Å². The summed E-state index contributed by atoms with van der Waals surface area (Å²) < 4.78 is 4.97. The van der Waals surface area contributed by atoms with E-state index in [2.05, 4.69) is 4.98 Å². The van der Waals surface area contributed by atoms with Gasteiger partial charge in [-0.3, -0.25) is 10.1 Å². The molecule has 0 spiro atoms. The molecule has 0 saturated heterocycles. The van der Waals surface area contributed by atoms with Crippen molar-refractivity contribution in [1.29, 1.82) is 0 Å². The molecule has 2 rings (SSSR count). The second-order valence-electron chi connectivity index (χ2n) is 3.35. The molecular formula is C11H10N2O3S. The summed E-state index contributed by atoms with van der Waals surface area (Å²) in [5.74, 6) is 0. The SMILES string of the molecule is COCc1csc(-c2ccccc2[N+](=O)[O-])n1. The summed E-state index contributed by atoms with van der Waals surface area (Å²) in [6.45, 7) is 0.414. The topological polar surface area (TPSA) is 65.3 Å². The maximum Gasteiger partial charge on any atom is 0.279 e. The number of para-hydroxylation sites is 1. The minimum Gasteiger partial charge on any atom is -0.378 e. The summed E-state index contributed by atoms with van der Waals surface area (Å²) in [5.41, 5.74) is 1.40. The highest BCUT2D eigenvalue weighted by Crippen LogP contribution is 2.31. The largest absolute Gasteiger partial charge is 0.378 e. The molecule has 0 fully saturated rings. The second-order valence-corrected chi connectivity index (χ2v) is 4.21. The number of thiazole rings is 1. The van der Waals surface area contributed by atoms with Crippen LogP contribution in [0.5, 0.6) is 0 Å². The summed E-state index contributed by atoms with van der Waals surface area (Å²) in [4.78, 5) is 14.8. The van der Waals surface area contributed by atoms with Crippen LogP contribution < -0.4 is 0 Å². The normalized spacial score (nSPS) is 10.4. The minimum absolute atomic E-state index is 0.0748. The van der Waals surface area contributed by atoms with Gasteiger partial charge in [0.25, 0.3) is 5.69 Å². The Kier molecular flexibility index (Phi) is 3.46. The van der Waals surface area contributed by atoms with Crippen LogP contribution in [0.2, 0.25) is 0 Å². The molecule has 88 valence electrons. The number of rotatable bonds is 4. The van der Waals surface area contributed by atoms with Crippen molar-refractivity contribution in [1.82, 2.24) is 4.98 Å². The van der Waals surface area contributed by atoms with Crippen LogP contribution in [-0.2, 0) is 11.3 Å². The van der Waals surface area contributed by atoms with E-state index in [-0.39, 0.29) is 5.69 Å². The first-order chi connectivity index (χ1) is 8.22. The van der Waals surface area contributed by atoms with Crippen LogP contribution in [0.15, 0.2) is 29.6 Å². The van der Waals surface area contributed by atoms with Crippen molar-refractivity contribution in [3.8, 4) is 10.6 Å². The molecule has 0 aliphatic rings. The number of nitro groups is 1. The molecule has 2 aromatic rings. The number of nitrogens with zero attached hydrogens (tertiary/aromatic N) is 2. The third-order valence-corrected chi connectivity index (χ3v) is 3.10. The summed E-state index contributed by atoms with van der Waals surface area (Å²) in [7, 11) is 1.59. The van der Waals surface area contributed by atoms with Crippen molar-refractivity contribution in [3.63, 3.8) is 0 Å². The summed E-state index contributed by atoms with van der Waals surface area (Å²) in [5, 5.41) is 13.4. The Bertz CT molecular complexity index is 539. The molecule has 1 aromatic carbocycles. The maximum absolute atomic E-state index is 10.9. The molecule has 0 saturated carbocycles. The van der Waals surface area contributed by atoms with Crippen LogP contribution in [0, 0.1) is 10.1 Å². The van der Waals surface area contributed by atoms with Crippen molar-refractivity contribution >= 4 is 17.0 Å². The lowest BCUT2D eigenvalue weighted by Crippen LogP contribution is -1.92. The van der Waals surface area contributed by atoms with Gasteiger partial charge in [0, 0.05) is 18.6 Å². The van der Waals surface area contributed by atoms with Crippen molar-refractivity contribution in [3.05, 3.63) is 45.5 Å². The van der Waals surface area contributed by atoms with E-state index in [0.717, 1.165) is 5.69 Å². The van der Waals surface area contributed by atoms with E-state index in [4.69, 9.17) is 4.74 Å². The Labute approximate surface area is 102 Å². The number of benzene rings is 1. The maximum atomic E-state index is 10.9. The van der Waals surface area contributed by atoms with E-state index < -0.39 is 4.92 Å². The van der Waals surface area contributed by atoms with Crippen LogP contribution >= 0.6 is 11.3 Å². The van der Waals surface area contributed by atoms with E-state index in [0.29, 0.717) is 17.2 Å². The molecule has 1 heterocycles. The Morgan fingerprint density at radius 1 is 1.47 bits per heavy atom. The van der Waals surface area contributed by atoms with Gasteiger partial charge in [-0.2, -0.15) is 0 Å². The Morgan fingerprint density at radius 2 is 2.24 bits per heavy atom. The predicted molar refractivity (Wildman–Crippen MR) is 64.9 cm³/mol. The molecule has 0 aliphatic heterocycles. The fraction of sp³-hybridized carbons (Fsp3) is 0.182. The first-order valence-corrected chi connectivity index (χ1v) is 5.77. The molecule has 0 radical (unpaired) electrons. The molecule has 0 unspecified atom stereocenters. The average Bonchev–Trinajstić information content (AvgIpc) is 2.78. The molecule has 1 aromatic heterocycles. The summed E-state index contributed by atoms with van der Waals surface area (Å²) in [6, 6.07) is 6.59. The minimum atomic E-state index is -0.396. The van der Waals surface area contributed by atoms with Crippen molar-refractivity contribution in [2.45, 2.75) is 6.61 Å². The molecule has 5 nitrogen and oxygen atoms in total. The zero-order valence-electron chi connectivity index (χ0n) is 9.12. The first-order valence-electron chi connectivity index (χ1n) is 4.89. The number of ether oxygens (including phenoxy) is 1. The van der Waals surface area contributed by atoms with Gasteiger partial charge in [-0.15, -0.1) is 11.3 Å². The van der Waals surface area contributed by atoms with Crippen LogP contribution in [0.1, 0.15) is 5.69 Å². The zero-order chi connectivity index (χ0) is 12.3. The highest BCUT2D eigenvalue weighted by molar-refractivity contribution is 7.13. The molecular weight excluding hydrogens is 240 g/mol. The molecule has 0 aliphatic carbocycles. The fourth-order valence-corrected chi connectivity index (χ4v) is 2.30. The van der Waals surface area contributed by atoms with Crippen molar-refractivity contribution in [2.75, 3.05) is 7.11 Å². The monoisotopic (exact) mass is 250 g/mol. The lowest BCUT2D eigenvalue weighted by molar-refractivity contribution is -0.384. The van der Waals surface area contributed by atoms with Crippen LogP contribution in [-0.4, -0.2) is 17.0 Å². The van der Waals surface area contributed by atoms with E-state index in [9.17, 15) is 10.1 Å².